The van der Waals surface area contributed by atoms with Gasteiger partial charge in [-0.05, 0) is 75.7 Å². The van der Waals surface area contributed by atoms with Crippen LogP contribution in [-0.4, -0.2) is 67.5 Å². The second-order valence-corrected chi connectivity index (χ2v) is 13.1. The molecule has 2 aliphatic heterocycles. The molecule has 2 heterocycles. The summed E-state index contributed by atoms with van der Waals surface area (Å²) >= 11 is 12.9. The summed E-state index contributed by atoms with van der Waals surface area (Å²) in [5, 5.41) is 1.27. The fourth-order valence-corrected chi connectivity index (χ4v) is 7.32. The van der Waals surface area contributed by atoms with E-state index >= 15 is 0 Å². The average molecular weight is 483 g/mol. The average Bonchev–Trinajstić information content (AvgIpc) is 3.02. The lowest BCUT2D eigenvalue weighted by Gasteiger charge is -2.57. The van der Waals surface area contributed by atoms with Gasteiger partial charge in [0.1, 0.15) is 16.5 Å². The Morgan fingerprint density at radius 1 is 1.16 bits per heavy atom. The highest BCUT2D eigenvalue weighted by atomic mass is 35.5. The third kappa shape index (κ3) is 2.98. The van der Waals surface area contributed by atoms with E-state index in [-0.39, 0.29) is 18.2 Å². The van der Waals surface area contributed by atoms with Crippen molar-refractivity contribution < 1.29 is 13.2 Å². The topological polar surface area (TPSA) is 49.9 Å². The van der Waals surface area contributed by atoms with Crippen molar-refractivity contribution in [3.63, 3.8) is 0 Å². The van der Waals surface area contributed by atoms with Gasteiger partial charge in [0.15, 0.2) is 9.84 Å². The quantitative estimate of drug-likeness (QED) is 0.595. The maximum absolute atomic E-state index is 13.0. The van der Waals surface area contributed by atoms with Crippen molar-refractivity contribution in [3.05, 3.63) is 56.7 Å². The lowest BCUT2D eigenvalue weighted by Crippen LogP contribution is -2.62. The number of ether oxygens (including phenoxy) is 1. The molecule has 0 saturated carbocycles. The highest BCUT2D eigenvalue weighted by Gasteiger charge is 2.57. The first kappa shape index (κ1) is 21.8. The first-order valence-electron chi connectivity index (χ1n) is 10.6. The zero-order valence-corrected chi connectivity index (χ0v) is 20.8. The van der Waals surface area contributed by atoms with E-state index in [9.17, 15) is 8.42 Å². The molecule has 1 aromatic rings. The number of halogens is 2. The minimum absolute atomic E-state index is 0.0575. The van der Waals surface area contributed by atoms with Crippen LogP contribution in [0.3, 0.4) is 0 Å². The largest absolute Gasteiger partial charge is 0.364 e. The third-order valence-electron chi connectivity index (χ3n) is 7.75. The van der Waals surface area contributed by atoms with Crippen LogP contribution in [0, 0.1) is 0 Å². The van der Waals surface area contributed by atoms with Crippen molar-refractivity contribution in [1.82, 2.24) is 9.80 Å². The fourth-order valence-electron chi connectivity index (χ4n) is 5.79. The van der Waals surface area contributed by atoms with Crippen molar-refractivity contribution in [1.29, 1.82) is 0 Å². The molecule has 0 radical (unpaired) electrons. The summed E-state index contributed by atoms with van der Waals surface area (Å²) in [6.07, 6.45) is 6.38. The van der Waals surface area contributed by atoms with Crippen LogP contribution in [0.2, 0.25) is 10.0 Å². The van der Waals surface area contributed by atoms with Crippen LogP contribution in [0.5, 0.6) is 0 Å². The zero-order valence-electron chi connectivity index (χ0n) is 18.4. The Labute approximate surface area is 194 Å². The Kier molecular flexibility index (Phi) is 4.73. The van der Waals surface area contributed by atoms with Gasteiger partial charge in [-0.15, -0.1) is 0 Å². The van der Waals surface area contributed by atoms with Crippen molar-refractivity contribution >= 4 is 33.0 Å². The molecule has 2 aliphatic carbocycles. The van der Waals surface area contributed by atoms with E-state index in [2.05, 4.69) is 23.9 Å². The van der Waals surface area contributed by atoms with Gasteiger partial charge in [0.25, 0.3) is 0 Å². The lowest BCUT2D eigenvalue weighted by atomic mass is 9.75. The molecule has 0 aromatic heterocycles. The first-order valence-corrected chi connectivity index (χ1v) is 13.2. The number of nitrogens with zero attached hydrogens (tertiary/aromatic N) is 2. The van der Waals surface area contributed by atoms with Gasteiger partial charge in [0.2, 0.25) is 0 Å². The number of benzene rings is 1. The van der Waals surface area contributed by atoms with E-state index < -0.39 is 20.2 Å². The van der Waals surface area contributed by atoms with Crippen molar-refractivity contribution in [2.24, 2.45) is 0 Å². The lowest BCUT2D eigenvalue weighted by molar-refractivity contribution is -0.126. The summed E-state index contributed by atoms with van der Waals surface area (Å²) in [4.78, 5) is 4.60. The Morgan fingerprint density at radius 3 is 2.52 bits per heavy atom. The number of sulfone groups is 1. The molecule has 2 unspecified atom stereocenters. The molecule has 5 atom stereocenters. The molecule has 4 aliphatic rings. The van der Waals surface area contributed by atoms with Gasteiger partial charge in [-0.2, -0.15) is 0 Å². The molecule has 31 heavy (non-hydrogen) atoms. The molecule has 1 aromatic carbocycles. The monoisotopic (exact) mass is 482 g/mol. The number of rotatable bonds is 2. The predicted octanol–water partition coefficient (Wildman–Crippen LogP) is 4.01. The van der Waals surface area contributed by atoms with E-state index in [0.717, 1.165) is 35.4 Å². The fraction of sp³-hybridized carbons (Fsp3) is 0.565. The van der Waals surface area contributed by atoms with Crippen LogP contribution in [0.4, 0.5) is 0 Å². The minimum Gasteiger partial charge on any atom is -0.364 e. The summed E-state index contributed by atoms with van der Waals surface area (Å²) in [6.45, 7) is 4.69. The van der Waals surface area contributed by atoms with E-state index in [0.29, 0.717) is 16.5 Å². The summed E-state index contributed by atoms with van der Waals surface area (Å²) in [6, 6.07) is 4.02. The van der Waals surface area contributed by atoms with E-state index in [1.807, 2.05) is 32.1 Å². The Bertz CT molecular complexity index is 1150. The molecule has 0 bridgehead atoms. The smallest absolute Gasteiger partial charge is 0.160 e. The van der Waals surface area contributed by atoms with Crippen LogP contribution in [0.25, 0.3) is 0 Å². The Hall–Kier alpha value is -1.05. The number of likely N-dealkylation sites (N-methyl/N-ethyl adjacent to an activating group) is 1. The van der Waals surface area contributed by atoms with Crippen LogP contribution in [0.15, 0.2) is 35.6 Å². The van der Waals surface area contributed by atoms with Gasteiger partial charge >= 0.3 is 0 Å². The normalized spacial score (nSPS) is 36.5. The predicted molar refractivity (Wildman–Crippen MR) is 124 cm³/mol. The zero-order chi connectivity index (χ0) is 22.5. The number of morpholine rings is 1. The van der Waals surface area contributed by atoms with Crippen LogP contribution in [-0.2, 0) is 21.0 Å². The van der Waals surface area contributed by atoms with Crippen LogP contribution in [0.1, 0.15) is 37.5 Å². The molecular weight excluding hydrogens is 455 g/mol. The SMILES string of the molecule is CN(C)[C@@H]1CC2=C3N(C1)[C@H]1Cc4c(Cl)cc(Cl)cc4[C@@H]1OC3(C)C=CC2(C)S(C)(=O)=O. The van der Waals surface area contributed by atoms with Crippen molar-refractivity contribution in [2.75, 3.05) is 26.9 Å². The molecular formula is C23H28Cl2N2O3S. The first-order chi connectivity index (χ1) is 14.4. The molecule has 1 fully saturated rings. The standard InChI is InChI=1S/C23H28Cl2N2O3S/c1-22-6-7-23(2,31(5,28)29)17-10-14(26(3)4)12-27(21(17)22)19-11-15-16(20(19)30-22)8-13(24)9-18(15)25/h6-9,14,19-20H,10-12H2,1-5H3/t14-,19+,20+,22?,23?/m1/s1. The Morgan fingerprint density at radius 2 is 1.87 bits per heavy atom. The van der Waals surface area contributed by atoms with Gasteiger partial charge in [-0.1, -0.05) is 29.3 Å². The van der Waals surface area contributed by atoms with E-state index in [4.69, 9.17) is 27.9 Å². The second-order valence-electron chi connectivity index (χ2n) is 9.89. The minimum atomic E-state index is -3.37. The number of hydrogen-bond acceptors (Lipinski definition) is 5. The maximum Gasteiger partial charge on any atom is 0.160 e. The molecule has 1 saturated heterocycles. The van der Waals surface area contributed by atoms with Crippen LogP contribution >= 0.6 is 23.2 Å². The van der Waals surface area contributed by atoms with Gasteiger partial charge < -0.3 is 14.5 Å². The molecule has 5 rings (SSSR count). The second kappa shape index (κ2) is 6.73. The van der Waals surface area contributed by atoms with Gasteiger partial charge in [-0.3, -0.25) is 0 Å². The molecule has 5 nitrogen and oxygen atoms in total. The van der Waals surface area contributed by atoms with Gasteiger partial charge in [0.05, 0.1) is 11.7 Å². The maximum atomic E-state index is 13.0. The Balaban J connectivity index is 1.72. The van der Waals surface area contributed by atoms with Crippen LogP contribution < -0.4 is 0 Å². The van der Waals surface area contributed by atoms with Crippen molar-refractivity contribution in [2.45, 2.75) is 55.2 Å². The summed E-state index contributed by atoms with van der Waals surface area (Å²) in [5.74, 6) is 0. The summed E-state index contributed by atoms with van der Waals surface area (Å²) in [5.41, 5.74) is 3.38. The number of hydrogen-bond donors (Lipinski definition) is 0. The van der Waals surface area contributed by atoms with Crippen molar-refractivity contribution in [3.8, 4) is 0 Å². The molecule has 0 N–H and O–H groups in total. The van der Waals surface area contributed by atoms with E-state index in [1.165, 1.54) is 6.26 Å². The summed E-state index contributed by atoms with van der Waals surface area (Å²) < 4.78 is 31.6. The molecule has 0 spiro atoms. The highest BCUT2D eigenvalue weighted by Crippen LogP contribution is 2.56. The third-order valence-corrected chi connectivity index (χ3v) is 10.2. The highest BCUT2D eigenvalue weighted by molar-refractivity contribution is 7.92. The molecule has 168 valence electrons. The molecule has 8 heteroatoms. The summed E-state index contributed by atoms with van der Waals surface area (Å²) in [7, 11) is 0.744. The number of fused-ring (bicyclic) bond motifs is 4. The van der Waals surface area contributed by atoms with E-state index in [1.54, 1.807) is 6.07 Å². The van der Waals surface area contributed by atoms with Gasteiger partial charge in [0, 0.05) is 28.9 Å². The molecule has 0 amide bonds. The van der Waals surface area contributed by atoms with Gasteiger partial charge in [-0.25, -0.2) is 8.42 Å².